The zero-order chi connectivity index (χ0) is 40.1. The number of thiol groups is 1. The summed E-state index contributed by atoms with van der Waals surface area (Å²) in [6, 6.07) is -9.20. The Hall–Kier alpha value is -4.34. The minimum Gasteiger partial charge on any atom is -0.481 e. The molecule has 0 spiro atoms. The van der Waals surface area contributed by atoms with Crippen LogP contribution in [0.2, 0.25) is 0 Å². The summed E-state index contributed by atoms with van der Waals surface area (Å²) in [6.07, 6.45) is -1.50. The number of unbranched alkanes of at least 4 members (excludes halogenated alkanes) is 1. The van der Waals surface area contributed by atoms with Crippen molar-refractivity contribution in [1.29, 1.82) is 0 Å². The molecule has 0 aliphatic carbocycles. The van der Waals surface area contributed by atoms with Crippen LogP contribution in [-0.4, -0.2) is 125 Å². The molecular formula is C31H55N9O11S. The molecule has 0 fully saturated rings. The molecule has 0 aromatic rings. The number of aliphatic hydroxyl groups is 1. The standard InChI is InChI=1S/C31H55N9O11S/c1-15(2)11-21(38-26(46)16(3)35-28(48)20(7-5-6-10-32)37-27(47)19(33)14-52)30(50)40-25(17(4)42)31(51)39-22(12-23(34)43)29(49)36-18(13-41)8-9-24(44)45/h13,15-22,25,42,52H,5-12,14,32-33H2,1-4H3,(H2,34,43)(H,35,48)(H,36,49)(H,37,47)(H,38,46)(H,39,51)(H,40,50)(H,44,45)/t16-,17+,18-,19-,20-,21-,22-,25-/m0/s1. The lowest BCUT2D eigenvalue weighted by Crippen LogP contribution is -2.61. The molecule has 0 aromatic heterocycles. The highest BCUT2D eigenvalue weighted by Gasteiger charge is 2.34. The Morgan fingerprint density at radius 2 is 1.29 bits per heavy atom. The van der Waals surface area contributed by atoms with Crippen LogP contribution in [0.3, 0.4) is 0 Å². The normalized spacial score (nSPS) is 15.6. The summed E-state index contributed by atoms with van der Waals surface area (Å²) in [4.78, 5) is 112. The maximum atomic E-state index is 13.4. The third kappa shape index (κ3) is 18.8. The van der Waals surface area contributed by atoms with E-state index in [1.165, 1.54) is 6.92 Å². The fourth-order valence-corrected chi connectivity index (χ4v) is 4.74. The lowest BCUT2D eigenvalue weighted by molar-refractivity contribution is -0.138. The third-order valence-corrected chi connectivity index (χ3v) is 7.86. The minimum atomic E-state index is -1.73. The Morgan fingerprint density at radius 3 is 1.79 bits per heavy atom. The summed E-state index contributed by atoms with van der Waals surface area (Å²) >= 11 is 3.99. The van der Waals surface area contributed by atoms with Crippen molar-refractivity contribution in [3.63, 3.8) is 0 Å². The fraction of sp³-hybridized carbons (Fsp3) is 0.710. The molecule has 0 radical (unpaired) electrons. The van der Waals surface area contributed by atoms with Crippen molar-refractivity contribution in [1.82, 2.24) is 31.9 Å². The average molecular weight is 762 g/mol. The molecule has 20 nitrogen and oxygen atoms in total. The second-order valence-electron chi connectivity index (χ2n) is 12.7. The number of rotatable bonds is 26. The summed E-state index contributed by atoms with van der Waals surface area (Å²) in [5, 5.41) is 33.5. The lowest BCUT2D eigenvalue weighted by Gasteiger charge is -2.28. The number of carboxylic acid groups (broad SMARTS) is 1. The molecular weight excluding hydrogens is 706 g/mol. The van der Waals surface area contributed by atoms with Crippen molar-refractivity contribution in [2.24, 2.45) is 23.1 Å². The Morgan fingerprint density at radius 1 is 0.731 bits per heavy atom. The molecule has 0 aliphatic rings. The van der Waals surface area contributed by atoms with E-state index >= 15 is 0 Å². The van der Waals surface area contributed by atoms with E-state index in [4.69, 9.17) is 22.3 Å². The minimum absolute atomic E-state index is 0.0277. The second-order valence-corrected chi connectivity index (χ2v) is 13.1. The number of nitrogens with two attached hydrogens (primary N) is 3. The molecule has 0 aromatic carbocycles. The van der Waals surface area contributed by atoms with Crippen LogP contribution in [0.1, 0.15) is 72.6 Å². The maximum absolute atomic E-state index is 13.4. The smallest absolute Gasteiger partial charge is 0.303 e. The van der Waals surface area contributed by atoms with Crippen LogP contribution < -0.4 is 49.1 Å². The van der Waals surface area contributed by atoms with E-state index < -0.39 is 109 Å². The number of aldehydes is 1. The molecule has 8 atom stereocenters. The SMILES string of the molecule is CC(C)C[C@H](NC(=O)[C@H](C)NC(=O)[C@H](CCCCN)NC(=O)[C@@H](N)CS)C(=O)N[C@H](C(=O)N[C@@H](CC(N)=O)C(=O)N[C@H](C=O)CCC(=O)O)[C@@H](C)O. The third-order valence-electron chi connectivity index (χ3n) is 7.47. The van der Waals surface area contributed by atoms with E-state index in [9.17, 15) is 48.3 Å². The Balaban J connectivity index is 5.88. The maximum Gasteiger partial charge on any atom is 0.303 e. The first-order valence-corrected chi connectivity index (χ1v) is 17.4. The van der Waals surface area contributed by atoms with Crippen molar-refractivity contribution in [3.05, 3.63) is 0 Å². The molecule has 7 amide bonds. The molecule has 0 bridgehead atoms. The number of carbonyl (C=O) groups excluding carboxylic acids is 8. The van der Waals surface area contributed by atoms with Crippen molar-refractivity contribution in [3.8, 4) is 0 Å². The zero-order valence-corrected chi connectivity index (χ0v) is 30.8. The summed E-state index contributed by atoms with van der Waals surface area (Å²) in [7, 11) is 0. The molecule has 52 heavy (non-hydrogen) atoms. The predicted molar refractivity (Wildman–Crippen MR) is 190 cm³/mol. The van der Waals surface area contributed by atoms with Gasteiger partial charge in [0.15, 0.2) is 0 Å². The summed E-state index contributed by atoms with van der Waals surface area (Å²) in [6.45, 7) is 6.35. The van der Waals surface area contributed by atoms with Gasteiger partial charge in [0.05, 0.1) is 24.6 Å². The van der Waals surface area contributed by atoms with Gasteiger partial charge in [-0.1, -0.05) is 13.8 Å². The van der Waals surface area contributed by atoms with Crippen LogP contribution in [0.25, 0.3) is 0 Å². The molecule has 0 unspecified atom stereocenters. The number of carboxylic acids is 1. The van der Waals surface area contributed by atoms with Crippen molar-refractivity contribution in [2.45, 2.75) is 121 Å². The van der Waals surface area contributed by atoms with Gasteiger partial charge in [0.1, 0.15) is 36.5 Å². The highest BCUT2D eigenvalue weighted by molar-refractivity contribution is 7.80. The van der Waals surface area contributed by atoms with Crippen LogP contribution in [0.15, 0.2) is 0 Å². The number of primary amides is 1. The monoisotopic (exact) mass is 761 g/mol. The first kappa shape index (κ1) is 47.7. The largest absolute Gasteiger partial charge is 0.481 e. The van der Waals surface area contributed by atoms with Gasteiger partial charge >= 0.3 is 5.97 Å². The molecule has 0 saturated carbocycles. The van der Waals surface area contributed by atoms with Gasteiger partial charge in [-0.05, 0) is 58.4 Å². The highest BCUT2D eigenvalue weighted by atomic mass is 32.1. The molecule has 21 heteroatoms. The van der Waals surface area contributed by atoms with E-state index in [0.717, 1.165) is 6.92 Å². The van der Waals surface area contributed by atoms with Crippen LogP contribution in [0.5, 0.6) is 0 Å². The van der Waals surface area contributed by atoms with E-state index in [2.05, 4.69) is 44.5 Å². The van der Waals surface area contributed by atoms with Gasteiger partial charge in [0.2, 0.25) is 41.4 Å². The summed E-state index contributed by atoms with van der Waals surface area (Å²) in [5.41, 5.74) is 16.5. The van der Waals surface area contributed by atoms with Gasteiger partial charge < -0.3 is 64.1 Å². The van der Waals surface area contributed by atoms with E-state index in [-0.39, 0.29) is 37.2 Å². The molecule has 0 aliphatic heterocycles. The topological polar surface area (TPSA) is 344 Å². The van der Waals surface area contributed by atoms with Crippen molar-refractivity contribution in [2.75, 3.05) is 12.3 Å². The van der Waals surface area contributed by atoms with Gasteiger partial charge in [-0.15, -0.1) is 0 Å². The first-order valence-electron chi connectivity index (χ1n) is 16.8. The zero-order valence-electron chi connectivity index (χ0n) is 29.9. The van der Waals surface area contributed by atoms with Gasteiger partial charge in [0, 0.05) is 12.2 Å². The average Bonchev–Trinajstić information content (AvgIpc) is 3.06. The summed E-state index contributed by atoms with van der Waals surface area (Å²) < 4.78 is 0. The number of amides is 7. The van der Waals surface area contributed by atoms with Gasteiger partial charge in [-0.25, -0.2) is 0 Å². The molecule has 0 rings (SSSR count). The molecule has 296 valence electrons. The quantitative estimate of drug-likeness (QED) is 0.0226. The highest BCUT2D eigenvalue weighted by Crippen LogP contribution is 2.08. The number of hydrogen-bond donors (Lipinski definition) is 12. The molecule has 0 saturated heterocycles. The van der Waals surface area contributed by atoms with Crippen LogP contribution in [0, 0.1) is 5.92 Å². The number of nitrogens with one attached hydrogen (secondary N) is 6. The Bertz CT molecular complexity index is 1250. The predicted octanol–water partition coefficient (Wildman–Crippen LogP) is -4.33. The first-order chi connectivity index (χ1) is 24.3. The summed E-state index contributed by atoms with van der Waals surface area (Å²) in [5.74, 6) is -7.63. The van der Waals surface area contributed by atoms with Crippen LogP contribution in [0.4, 0.5) is 0 Å². The van der Waals surface area contributed by atoms with E-state index in [1.807, 2.05) is 0 Å². The Kier molecular flexibility index (Phi) is 22.7. The van der Waals surface area contributed by atoms with Gasteiger partial charge in [-0.3, -0.25) is 38.4 Å². The number of aliphatic hydroxyl groups excluding tert-OH is 1. The number of hydrogen-bond acceptors (Lipinski definition) is 13. The fourth-order valence-electron chi connectivity index (χ4n) is 4.57. The Labute approximate surface area is 307 Å². The van der Waals surface area contributed by atoms with Crippen LogP contribution in [-0.2, 0) is 43.2 Å². The second kappa shape index (κ2) is 24.8. The van der Waals surface area contributed by atoms with Crippen molar-refractivity contribution < 1.29 is 53.4 Å². The lowest BCUT2D eigenvalue weighted by atomic mass is 10.0. The number of carbonyl (C=O) groups is 9. The van der Waals surface area contributed by atoms with Crippen molar-refractivity contribution >= 4 is 66.2 Å². The molecule has 14 N–H and O–H groups in total. The molecule has 0 heterocycles. The van der Waals surface area contributed by atoms with Crippen LogP contribution >= 0.6 is 12.6 Å². The van der Waals surface area contributed by atoms with E-state index in [0.29, 0.717) is 19.4 Å². The van der Waals surface area contributed by atoms with Gasteiger partial charge in [0.25, 0.3) is 0 Å². The number of aliphatic carboxylic acids is 1. The van der Waals surface area contributed by atoms with Gasteiger partial charge in [-0.2, -0.15) is 12.6 Å². The van der Waals surface area contributed by atoms with E-state index in [1.54, 1.807) is 13.8 Å².